The maximum Gasteiger partial charge on any atom is 0.416 e. The number of alkyl halides is 3. The van der Waals surface area contributed by atoms with Gasteiger partial charge < -0.3 is 0 Å². The van der Waals surface area contributed by atoms with Gasteiger partial charge in [-0.3, -0.25) is 4.79 Å². The molecule has 3 rings (SSSR count). The predicted molar refractivity (Wildman–Crippen MR) is 85.7 cm³/mol. The number of hydrogen-bond donors (Lipinski definition) is 1. The Morgan fingerprint density at radius 1 is 0.958 bits per heavy atom. The number of nitrogens with one attached hydrogen (secondary N) is 1. The number of H-pyrrole nitrogens is 1. The van der Waals surface area contributed by atoms with E-state index in [0.29, 0.717) is 11.1 Å². The maximum atomic E-state index is 13.0. The Balaban J connectivity index is 2.25. The summed E-state index contributed by atoms with van der Waals surface area (Å²) >= 11 is 5.84. The third-order valence-corrected chi connectivity index (χ3v) is 3.61. The summed E-state index contributed by atoms with van der Waals surface area (Å²) in [5.74, 6) is 0. The van der Waals surface area contributed by atoms with Gasteiger partial charge in [-0.15, -0.1) is 0 Å². The Bertz CT molecular complexity index is 937. The van der Waals surface area contributed by atoms with Crippen molar-refractivity contribution in [1.29, 1.82) is 0 Å². The van der Waals surface area contributed by atoms with Gasteiger partial charge in [0.25, 0.3) is 5.56 Å². The molecule has 3 aromatic rings. The standard InChI is InChI=1S/C17H10ClF3N2O/c18-13-7-11(6-12(8-13)17(19,20)21)16-14(9-15(24)22-23-16)10-4-2-1-3-5-10/h1-9H,(H,22,24). The zero-order chi connectivity index (χ0) is 17.3. The molecule has 0 saturated heterocycles. The van der Waals surface area contributed by atoms with Gasteiger partial charge in [0.15, 0.2) is 0 Å². The lowest BCUT2D eigenvalue weighted by Gasteiger charge is -2.12. The molecule has 0 unspecified atom stereocenters. The van der Waals surface area contributed by atoms with Crippen LogP contribution >= 0.6 is 11.6 Å². The van der Waals surface area contributed by atoms with Gasteiger partial charge in [0.05, 0.1) is 11.3 Å². The molecule has 0 spiro atoms. The highest BCUT2D eigenvalue weighted by molar-refractivity contribution is 6.31. The van der Waals surface area contributed by atoms with Crippen LogP contribution in [-0.4, -0.2) is 10.2 Å². The Morgan fingerprint density at radius 3 is 2.33 bits per heavy atom. The fraction of sp³-hybridized carbons (Fsp3) is 0.0588. The van der Waals surface area contributed by atoms with Crippen LogP contribution in [-0.2, 0) is 6.18 Å². The second-order valence-corrected chi connectivity index (χ2v) is 5.52. The first-order valence-corrected chi connectivity index (χ1v) is 7.26. The van der Waals surface area contributed by atoms with Gasteiger partial charge in [0.2, 0.25) is 0 Å². The lowest BCUT2D eigenvalue weighted by Crippen LogP contribution is -2.09. The third kappa shape index (κ3) is 3.33. The molecule has 0 amide bonds. The highest BCUT2D eigenvalue weighted by Gasteiger charge is 2.31. The number of hydrogen-bond acceptors (Lipinski definition) is 2. The van der Waals surface area contributed by atoms with E-state index in [1.165, 1.54) is 12.1 Å². The van der Waals surface area contributed by atoms with Crippen LogP contribution < -0.4 is 5.56 Å². The number of aromatic nitrogens is 2. The van der Waals surface area contributed by atoms with Crippen LogP contribution in [0.25, 0.3) is 22.4 Å². The molecule has 0 radical (unpaired) electrons. The molecule has 1 heterocycles. The second kappa shape index (κ2) is 6.13. The van der Waals surface area contributed by atoms with Crippen LogP contribution in [0.4, 0.5) is 13.2 Å². The number of benzene rings is 2. The summed E-state index contributed by atoms with van der Waals surface area (Å²) < 4.78 is 39.0. The van der Waals surface area contributed by atoms with Crippen molar-refractivity contribution in [3.05, 3.63) is 75.5 Å². The predicted octanol–water partition coefficient (Wildman–Crippen LogP) is 4.78. The Labute approximate surface area is 139 Å². The van der Waals surface area contributed by atoms with E-state index in [1.54, 1.807) is 30.3 Å². The summed E-state index contributed by atoms with van der Waals surface area (Å²) in [5.41, 5.74) is 0.154. The lowest BCUT2D eigenvalue weighted by molar-refractivity contribution is -0.137. The van der Waals surface area contributed by atoms with Crippen molar-refractivity contribution in [3.63, 3.8) is 0 Å². The van der Waals surface area contributed by atoms with Crippen LogP contribution in [0.1, 0.15) is 5.56 Å². The molecule has 122 valence electrons. The molecule has 0 aliphatic carbocycles. The third-order valence-electron chi connectivity index (χ3n) is 3.39. The van der Waals surface area contributed by atoms with E-state index in [4.69, 9.17) is 11.6 Å². The maximum absolute atomic E-state index is 13.0. The van der Waals surface area contributed by atoms with Crippen molar-refractivity contribution in [2.24, 2.45) is 0 Å². The van der Waals surface area contributed by atoms with E-state index in [1.807, 2.05) is 0 Å². The first-order chi connectivity index (χ1) is 11.3. The summed E-state index contributed by atoms with van der Waals surface area (Å²) in [6.45, 7) is 0. The van der Waals surface area contributed by atoms with E-state index in [2.05, 4.69) is 10.2 Å². The first-order valence-electron chi connectivity index (χ1n) is 6.88. The Hall–Kier alpha value is -2.60. The van der Waals surface area contributed by atoms with Gasteiger partial charge in [-0.2, -0.15) is 18.3 Å². The Kier molecular flexibility index (Phi) is 4.15. The lowest BCUT2D eigenvalue weighted by atomic mass is 9.99. The molecule has 2 aromatic carbocycles. The summed E-state index contributed by atoms with van der Waals surface area (Å²) in [5, 5.41) is 6.12. The molecule has 0 aliphatic rings. The molecule has 24 heavy (non-hydrogen) atoms. The molecule has 0 aliphatic heterocycles. The van der Waals surface area contributed by atoms with Crippen LogP contribution in [0.15, 0.2) is 59.4 Å². The van der Waals surface area contributed by atoms with Crippen molar-refractivity contribution >= 4 is 11.6 Å². The first kappa shape index (κ1) is 16.3. The summed E-state index contributed by atoms with van der Waals surface area (Å²) in [4.78, 5) is 11.6. The fourth-order valence-corrected chi connectivity index (χ4v) is 2.59. The molecular weight excluding hydrogens is 341 g/mol. The normalized spacial score (nSPS) is 11.5. The molecular formula is C17H10ClF3N2O. The number of halogens is 4. The topological polar surface area (TPSA) is 45.8 Å². The molecule has 0 fully saturated rings. The van der Waals surface area contributed by atoms with Crippen molar-refractivity contribution in [3.8, 4) is 22.4 Å². The van der Waals surface area contributed by atoms with Crippen molar-refractivity contribution < 1.29 is 13.2 Å². The smallest absolute Gasteiger partial charge is 0.268 e. The van der Waals surface area contributed by atoms with Crippen molar-refractivity contribution in [2.45, 2.75) is 6.18 Å². The minimum absolute atomic E-state index is 0.0631. The van der Waals surface area contributed by atoms with Crippen LogP contribution in [0.2, 0.25) is 5.02 Å². The van der Waals surface area contributed by atoms with E-state index in [-0.39, 0.29) is 16.3 Å². The minimum Gasteiger partial charge on any atom is -0.268 e. The van der Waals surface area contributed by atoms with Gasteiger partial charge in [0, 0.05) is 22.2 Å². The van der Waals surface area contributed by atoms with Gasteiger partial charge in [-0.25, -0.2) is 5.10 Å². The average Bonchev–Trinajstić information content (AvgIpc) is 2.54. The van der Waals surface area contributed by atoms with Gasteiger partial charge in [-0.1, -0.05) is 41.9 Å². The van der Waals surface area contributed by atoms with Crippen molar-refractivity contribution in [1.82, 2.24) is 10.2 Å². The van der Waals surface area contributed by atoms with Gasteiger partial charge in [-0.05, 0) is 23.8 Å². The van der Waals surface area contributed by atoms with Crippen molar-refractivity contribution in [2.75, 3.05) is 0 Å². The molecule has 7 heteroatoms. The van der Waals surface area contributed by atoms with E-state index in [0.717, 1.165) is 12.1 Å². The zero-order valence-electron chi connectivity index (χ0n) is 12.1. The second-order valence-electron chi connectivity index (χ2n) is 5.09. The molecule has 0 saturated carbocycles. The molecule has 3 nitrogen and oxygen atoms in total. The SMILES string of the molecule is O=c1cc(-c2ccccc2)c(-c2cc(Cl)cc(C(F)(F)F)c2)n[nH]1. The van der Waals surface area contributed by atoms with Gasteiger partial charge in [0.1, 0.15) is 0 Å². The van der Waals surface area contributed by atoms with Crippen LogP contribution in [0, 0.1) is 0 Å². The summed E-state index contributed by atoms with van der Waals surface area (Å²) in [6.07, 6.45) is -4.53. The molecule has 1 N–H and O–H groups in total. The monoisotopic (exact) mass is 350 g/mol. The summed E-state index contributed by atoms with van der Waals surface area (Å²) in [6, 6.07) is 13.3. The molecule has 0 bridgehead atoms. The highest BCUT2D eigenvalue weighted by Crippen LogP contribution is 2.36. The molecule has 0 atom stereocenters. The largest absolute Gasteiger partial charge is 0.416 e. The van der Waals surface area contributed by atoms with E-state index >= 15 is 0 Å². The number of rotatable bonds is 2. The molecule has 1 aromatic heterocycles. The van der Waals surface area contributed by atoms with E-state index in [9.17, 15) is 18.0 Å². The number of aromatic amines is 1. The quantitative estimate of drug-likeness (QED) is 0.723. The number of nitrogens with zero attached hydrogens (tertiary/aromatic N) is 1. The van der Waals surface area contributed by atoms with Crippen LogP contribution in [0.3, 0.4) is 0 Å². The summed E-state index contributed by atoms with van der Waals surface area (Å²) in [7, 11) is 0. The fourth-order valence-electron chi connectivity index (χ4n) is 2.35. The van der Waals surface area contributed by atoms with Gasteiger partial charge >= 0.3 is 6.18 Å². The Morgan fingerprint density at radius 2 is 1.67 bits per heavy atom. The highest BCUT2D eigenvalue weighted by atomic mass is 35.5. The zero-order valence-corrected chi connectivity index (χ0v) is 12.8. The van der Waals surface area contributed by atoms with E-state index < -0.39 is 17.3 Å². The van der Waals surface area contributed by atoms with Crippen LogP contribution in [0.5, 0.6) is 0 Å². The average molecular weight is 351 g/mol. The minimum atomic E-state index is -4.53.